The number of nitrogens with one attached hydrogen (secondary N) is 1. The van der Waals surface area contributed by atoms with Gasteiger partial charge in [0.05, 0.1) is 6.26 Å². The van der Waals surface area contributed by atoms with Gasteiger partial charge in [0, 0.05) is 44.5 Å². The standard InChI is InChI=1S/C16H27N3O3S/c1-13(2)19(23(5,21)22)11-7-10-17-16(20)14-8-6-9-15(12-14)18(3)4/h6,8-9,12-13H,7,10-11H2,1-5H3,(H,17,20). The summed E-state index contributed by atoms with van der Waals surface area (Å²) in [5, 5.41) is 2.83. The molecular weight excluding hydrogens is 314 g/mol. The molecule has 0 aromatic heterocycles. The van der Waals surface area contributed by atoms with E-state index in [0.717, 1.165) is 5.69 Å². The maximum atomic E-state index is 12.1. The van der Waals surface area contributed by atoms with Crippen LogP contribution in [0, 0.1) is 0 Å². The first-order valence-corrected chi connectivity index (χ1v) is 9.50. The van der Waals surface area contributed by atoms with Crippen molar-refractivity contribution >= 4 is 21.6 Å². The molecule has 0 bridgehead atoms. The summed E-state index contributed by atoms with van der Waals surface area (Å²) in [5.41, 5.74) is 1.56. The van der Waals surface area contributed by atoms with Crippen LogP contribution >= 0.6 is 0 Å². The van der Waals surface area contributed by atoms with Gasteiger partial charge in [-0.3, -0.25) is 4.79 Å². The fourth-order valence-corrected chi connectivity index (χ4v) is 3.50. The summed E-state index contributed by atoms with van der Waals surface area (Å²) < 4.78 is 24.8. The first-order chi connectivity index (χ1) is 10.6. The van der Waals surface area contributed by atoms with Gasteiger partial charge in [0.15, 0.2) is 0 Å². The van der Waals surface area contributed by atoms with Gasteiger partial charge in [-0.2, -0.15) is 4.31 Å². The average molecular weight is 341 g/mol. The first-order valence-electron chi connectivity index (χ1n) is 7.65. The highest BCUT2D eigenvalue weighted by Crippen LogP contribution is 2.13. The van der Waals surface area contributed by atoms with Crippen LogP contribution in [0.4, 0.5) is 5.69 Å². The number of sulfonamides is 1. The zero-order valence-corrected chi connectivity index (χ0v) is 15.4. The molecule has 1 N–H and O–H groups in total. The lowest BCUT2D eigenvalue weighted by molar-refractivity contribution is 0.0952. The van der Waals surface area contributed by atoms with Crippen LogP contribution in [0.5, 0.6) is 0 Å². The zero-order valence-electron chi connectivity index (χ0n) is 14.5. The molecule has 1 aromatic carbocycles. The van der Waals surface area contributed by atoms with Gasteiger partial charge < -0.3 is 10.2 Å². The molecule has 0 aliphatic carbocycles. The number of anilines is 1. The van der Waals surface area contributed by atoms with Crippen molar-refractivity contribution in [1.29, 1.82) is 0 Å². The molecule has 0 spiro atoms. The molecule has 1 rings (SSSR count). The summed E-state index contributed by atoms with van der Waals surface area (Å²) >= 11 is 0. The number of benzene rings is 1. The molecule has 1 aromatic rings. The van der Waals surface area contributed by atoms with Crippen molar-refractivity contribution in [1.82, 2.24) is 9.62 Å². The molecule has 6 nitrogen and oxygen atoms in total. The Kier molecular flexibility index (Phi) is 7.02. The summed E-state index contributed by atoms with van der Waals surface area (Å²) in [6.45, 7) is 4.51. The lowest BCUT2D eigenvalue weighted by Crippen LogP contribution is -2.38. The van der Waals surface area contributed by atoms with Crippen LogP contribution in [0.2, 0.25) is 0 Å². The number of nitrogens with zero attached hydrogens (tertiary/aromatic N) is 2. The Balaban J connectivity index is 2.53. The number of rotatable bonds is 8. The molecule has 0 unspecified atom stereocenters. The van der Waals surface area contributed by atoms with Crippen LogP contribution in [-0.4, -0.2) is 58.1 Å². The lowest BCUT2D eigenvalue weighted by atomic mass is 10.2. The van der Waals surface area contributed by atoms with E-state index in [1.807, 2.05) is 51.0 Å². The van der Waals surface area contributed by atoms with E-state index >= 15 is 0 Å². The van der Waals surface area contributed by atoms with Crippen molar-refractivity contribution in [2.45, 2.75) is 26.3 Å². The van der Waals surface area contributed by atoms with Crippen molar-refractivity contribution in [3.63, 3.8) is 0 Å². The molecular formula is C16H27N3O3S. The SMILES string of the molecule is CC(C)N(CCCNC(=O)c1cccc(N(C)C)c1)S(C)(=O)=O. The molecule has 130 valence electrons. The minimum Gasteiger partial charge on any atom is -0.378 e. The third-order valence-corrected chi connectivity index (χ3v) is 4.92. The van der Waals surface area contributed by atoms with Crippen molar-refractivity contribution in [3.8, 4) is 0 Å². The number of carbonyl (C=O) groups excluding carboxylic acids is 1. The van der Waals surface area contributed by atoms with E-state index in [0.29, 0.717) is 25.1 Å². The smallest absolute Gasteiger partial charge is 0.251 e. The molecule has 23 heavy (non-hydrogen) atoms. The second kappa shape index (κ2) is 8.31. The van der Waals surface area contributed by atoms with Crippen LogP contribution in [0.3, 0.4) is 0 Å². The van der Waals surface area contributed by atoms with Gasteiger partial charge in [-0.25, -0.2) is 8.42 Å². The molecule has 1 amide bonds. The Bertz CT molecular complexity index is 627. The fourth-order valence-electron chi connectivity index (χ4n) is 2.27. The zero-order chi connectivity index (χ0) is 17.6. The highest BCUT2D eigenvalue weighted by Gasteiger charge is 2.19. The third kappa shape index (κ3) is 6.19. The van der Waals surface area contributed by atoms with E-state index in [1.165, 1.54) is 10.6 Å². The second-order valence-electron chi connectivity index (χ2n) is 6.02. The number of amides is 1. The van der Waals surface area contributed by atoms with E-state index in [-0.39, 0.29) is 11.9 Å². The summed E-state index contributed by atoms with van der Waals surface area (Å²) in [7, 11) is 0.622. The van der Waals surface area contributed by atoms with Crippen molar-refractivity contribution in [2.75, 3.05) is 38.3 Å². The van der Waals surface area contributed by atoms with Gasteiger partial charge in [0.2, 0.25) is 10.0 Å². The normalized spacial score (nSPS) is 11.8. The number of carbonyl (C=O) groups is 1. The Hall–Kier alpha value is -1.60. The summed E-state index contributed by atoms with van der Waals surface area (Å²) in [5.74, 6) is -0.149. The Labute approximate surface area is 139 Å². The van der Waals surface area contributed by atoms with Gasteiger partial charge in [-0.15, -0.1) is 0 Å². The van der Waals surface area contributed by atoms with Crippen LogP contribution in [0.15, 0.2) is 24.3 Å². The van der Waals surface area contributed by atoms with E-state index in [1.54, 1.807) is 6.07 Å². The minimum absolute atomic E-state index is 0.0857. The van der Waals surface area contributed by atoms with Crippen LogP contribution in [0.1, 0.15) is 30.6 Å². The molecule has 0 saturated heterocycles. The molecule has 0 atom stereocenters. The fraction of sp³-hybridized carbons (Fsp3) is 0.562. The molecule has 0 aliphatic rings. The molecule has 0 saturated carbocycles. The quantitative estimate of drug-likeness (QED) is 0.728. The second-order valence-corrected chi connectivity index (χ2v) is 7.96. The van der Waals surface area contributed by atoms with Gasteiger partial charge in [-0.05, 0) is 38.5 Å². The van der Waals surface area contributed by atoms with Gasteiger partial charge in [0.25, 0.3) is 5.91 Å². The predicted molar refractivity (Wildman–Crippen MR) is 94.4 cm³/mol. The average Bonchev–Trinajstić information content (AvgIpc) is 2.45. The van der Waals surface area contributed by atoms with Gasteiger partial charge >= 0.3 is 0 Å². The Morgan fingerprint density at radius 2 is 1.91 bits per heavy atom. The van der Waals surface area contributed by atoms with E-state index in [9.17, 15) is 13.2 Å². The van der Waals surface area contributed by atoms with E-state index in [4.69, 9.17) is 0 Å². The molecule has 0 aliphatic heterocycles. The number of hydrogen-bond acceptors (Lipinski definition) is 4. The maximum absolute atomic E-state index is 12.1. The monoisotopic (exact) mass is 341 g/mol. The van der Waals surface area contributed by atoms with Crippen LogP contribution in [0.25, 0.3) is 0 Å². The van der Waals surface area contributed by atoms with Gasteiger partial charge in [-0.1, -0.05) is 6.07 Å². The first kappa shape index (κ1) is 19.4. The van der Waals surface area contributed by atoms with Crippen molar-refractivity contribution in [2.24, 2.45) is 0 Å². The van der Waals surface area contributed by atoms with E-state index < -0.39 is 10.0 Å². The molecule has 7 heteroatoms. The molecule has 0 heterocycles. The van der Waals surface area contributed by atoms with Crippen LogP contribution < -0.4 is 10.2 Å². The largest absolute Gasteiger partial charge is 0.378 e. The lowest BCUT2D eigenvalue weighted by Gasteiger charge is -2.23. The highest BCUT2D eigenvalue weighted by molar-refractivity contribution is 7.88. The third-order valence-electron chi connectivity index (χ3n) is 3.47. The van der Waals surface area contributed by atoms with E-state index in [2.05, 4.69) is 5.32 Å². The maximum Gasteiger partial charge on any atom is 0.251 e. The number of hydrogen-bond donors (Lipinski definition) is 1. The topological polar surface area (TPSA) is 69.7 Å². The highest BCUT2D eigenvalue weighted by atomic mass is 32.2. The predicted octanol–water partition coefficient (Wildman–Crippen LogP) is 1.54. The summed E-state index contributed by atoms with van der Waals surface area (Å²) in [6, 6.07) is 7.28. The Morgan fingerprint density at radius 1 is 1.26 bits per heavy atom. The summed E-state index contributed by atoms with van der Waals surface area (Å²) in [4.78, 5) is 14.1. The van der Waals surface area contributed by atoms with Crippen molar-refractivity contribution in [3.05, 3.63) is 29.8 Å². The van der Waals surface area contributed by atoms with Gasteiger partial charge in [0.1, 0.15) is 0 Å². The summed E-state index contributed by atoms with van der Waals surface area (Å²) in [6.07, 6.45) is 1.78. The molecule has 0 fully saturated rings. The van der Waals surface area contributed by atoms with Crippen LogP contribution in [-0.2, 0) is 10.0 Å². The Morgan fingerprint density at radius 3 is 2.43 bits per heavy atom. The molecule has 0 radical (unpaired) electrons. The minimum atomic E-state index is -3.22. The van der Waals surface area contributed by atoms with Crippen molar-refractivity contribution < 1.29 is 13.2 Å².